The zero-order chi connectivity index (χ0) is 15.2. The Hall–Kier alpha value is -2.55. The lowest BCUT2D eigenvalue weighted by Crippen LogP contribution is -2.00. The number of ether oxygens (including phenoxy) is 1. The number of carboxylic acid groups (broad SMARTS) is 1. The number of hydrogen-bond acceptors (Lipinski definition) is 2. The molecule has 21 heavy (non-hydrogen) atoms. The minimum absolute atomic E-state index is 0.273. The molecule has 3 heteroatoms. The van der Waals surface area contributed by atoms with Crippen LogP contribution in [0.15, 0.2) is 54.1 Å². The molecular formula is C18H18O3. The fourth-order valence-corrected chi connectivity index (χ4v) is 1.99. The molecule has 2 rings (SSSR count). The summed E-state index contributed by atoms with van der Waals surface area (Å²) < 4.78 is 5.73. The summed E-state index contributed by atoms with van der Waals surface area (Å²) in [7, 11) is 0. The van der Waals surface area contributed by atoms with E-state index >= 15 is 0 Å². The maximum atomic E-state index is 10.9. The number of allylic oxidation sites excluding steroid dienone is 1. The minimum Gasteiger partial charge on any atom is -0.489 e. The van der Waals surface area contributed by atoms with Gasteiger partial charge in [0, 0.05) is 0 Å². The van der Waals surface area contributed by atoms with Crippen LogP contribution in [0.25, 0.3) is 6.08 Å². The standard InChI is InChI=1S/C18H18O3/c1-13(2)9-14-5-4-8-17(11-14)21-12-15-6-3-7-16(10-15)18(19)20/h3-11H,12H2,1-2H3,(H,19,20). The van der Waals surface area contributed by atoms with Gasteiger partial charge in [-0.2, -0.15) is 0 Å². The third-order valence-corrected chi connectivity index (χ3v) is 2.89. The SMILES string of the molecule is CC(C)=Cc1cccc(OCc2cccc(C(=O)O)c2)c1. The van der Waals surface area contributed by atoms with Gasteiger partial charge in [-0.15, -0.1) is 0 Å². The van der Waals surface area contributed by atoms with E-state index in [-0.39, 0.29) is 5.56 Å². The van der Waals surface area contributed by atoms with Crippen LogP contribution in [0.4, 0.5) is 0 Å². The molecule has 0 saturated carbocycles. The van der Waals surface area contributed by atoms with Crippen LogP contribution in [-0.2, 0) is 6.61 Å². The van der Waals surface area contributed by atoms with Crippen molar-refractivity contribution in [2.45, 2.75) is 20.5 Å². The first-order valence-electron chi connectivity index (χ1n) is 6.74. The number of hydrogen-bond donors (Lipinski definition) is 1. The van der Waals surface area contributed by atoms with E-state index < -0.39 is 5.97 Å². The zero-order valence-electron chi connectivity index (χ0n) is 12.2. The number of aromatic carboxylic acids is 1. The monoisotopic (exact) mass is 282 g/mol. The molecule has 2 aromatic carbocycles. The van der Waals surface area contributed by atoms with Crippen LogP contribution in [0, 0.1) is 0 Å². The Morgan fingerprint density at radius 3 is 2.62 bits per heavy atom. The fourth-order valence-electron chi connectivity index (χ4n) is 1.99. The summed E-state index contributed by atoms with van der Waals surface area (Å²) in [6.45, 7) is 4.44. The third-order valence-electron chi connectivity index (χ3n) is 2.89. The molecule has 0 aromatic heterocycles. The van der Waals surface area contributed by atoms with Gasteiger partial charge in [-0.1, -0.05) is 35.9 Å². The van der Waals surface area contributed by atoms with Crippen molar-refractivity contribution in [2.24, 2.45) is 0 Å². The van der Waals surface area contributed by atoms with Gasteiger partial charge in [0.05, 0.1) is 5.56 Å². The van der Waals surface area contributed by atoms with Crippen molar-refractivity contribution >= 4 is 12.0 Å². The van der Waals surface area contributed by atoms with E-state index in [2.05, 4.69) is 6.08 Å². The van der Waals surface area contributed by atoms with E-state index in [0.29, 0.717) is 6.61 Å². The number of carbonyl (C=O) groups is 1. The maximum Gasteiger partial charge on any atom is 0.335 e. The Morgan fingerprint density at radius 1 is 1.14 bits per heavy atom. The molecule has 0 aliphatic carbocycles. The molecule has 0 heterocycles. The quantitative estimate of drug-likeness (QED) is 0.884. The van der Waals surface area contributed by atoms with Crippen molar-refractivity contribution in [2.75, 3.05) is 0 Å². The van der Waals surface area contributed by atoms with E-state index in [9.17, 15) is 4.79 Å². The highest BCUT2D eigenvalue weighted by Gasteiger charge is 2.03. The smallest absolute Gasteiger partial charge is 0.335 e. The molecule has 2 aromatic rings. The summed E-state index contributed by atoms with van der Waals surface area (Å²) in [6.07, 6.45) is 2.08. The maximum absolute atomic E-state index is 10.9. The van der Waals surface area contributed by atoms with Crippen molar-refractivity contribution in [3.63, 3.8) is 0 Å². The number of benzene rings is 2. The lowest BCUT2D eigenvalue weighted by atomic mass is 10.1. The zero-order valence-corrected chi connectivity index (χ0v) is 12.2. The Labute approximate surface area is 124 Å². The van der Waals surface area contributed by atoms with E-state index in [1.165, 1.54) is 5.57 Å². The first-order valence-corrected chi connectivity index (χ1v) is 6.74. The molecular weight excluding hydrogens is 264 g/mol. The largest absolute Gasteiger partial charge is 0.489 e. The molecule has 0 radical (unpaired) electrons. The summed E-state index contributed by atoms with van der Waals surface area (Å²) in [6, 6.07) is 14.6. The summed E-state index contributed by atoms with van der Waals surface area (Å²) in [4.78, 5) is 10.9. The topological polar surface area (TPSA) is 46.5 Å². The molecule has 0 spiro atoms. The third kappa shape index (κ3) is 4.49. The van der Waals surface area contributed by atoms with Crippen LogP contribution in [0.1, 0.15) is 35.3 Å². The summed E-state index contributed by atoms with van der Waals surface area (Å²) in [5, 5.41) is 8.97. The lowest BCUT2D eigenvalue weighted by Gasteiger charge is -2.08. The normalized spacial score (nSPS) is 10.0. The van der Waals surface area contributed by atoms with E-state index in [1.807, 2.05) is 44.2 Å². The van der Waals surface area contributed by atoms with Crippen molar-refractivity contribution in [1.82, 2.24) is 0 Å². The highest BCUT2D eigenvalue weighted by atomic mass is 16.5. The molecule has 1 N–H and O–H groups in total. The van der Waals surface area contributed by atoms with Crippen molar-refractivity contribution in [1.29, 1.82) is 0 Å². The predicted molar refractivity (Wildman–Crippen MR) is 83.5 cm³/mol. The van der Waals surface area contributed by atoms with Gasteiger partial charge in [-0.3, -0.25) is 0 Å². The molecule has 0 aliphatic heterocycles. The molecule has 3 nitrogen and oxygen atoms in total. The summed E-state index contributed by atoms with van der Waals surface area (Å²) >= 11 is 0. The van der Waals surface area contributed by atoms with Gasteiger partial charge in [-0.05, 0) is 49.2 Å². The first kappa shape index (κ1) is 14.9. The highest BCUT2D eigenvalue weighted by molar-refractivity contribution is 5.87. The van der Waals surface area contributed by atoms with Gasteiger partial charge in [0.25, 0.3) is 0 Å². The van der Waals surface area contributed by atoms with E-state index in [4.69, 9.17) is 9.84 Å². The van der Waals surface area contributed by atoms with E-state index in [1.54, 1.807) is 18.2 Å². The summed E-state index contributed by atoms with van der Waals surface area (Å²) in [5.74, 6) is -0.159. The van der Waals surface area contributed by atoms with Gasteiger partial charge in [0.15, 0.2) is 0 Å². The molecule has 0 bridgehead atoms. The van der Waals surface area contributed by atoms with Gasteiger partial charge in [0.2, 0.25) is 0 Å². The van der Waals surface area contributed by atoms with Crippen LogP contribution < -0.4 is 4.74 Å². The highest BCUT2D eigenvalue weighted by Crippen LogP contribution is 2.17. The van der Waals surface area contributed by atoms with E-state index in [0.717, 1.165) is 16.9 Å². The second kappa shape index (κ2) is 6.75. The Balaban J connectivity index is 2.08. The number of carboxylic acids is 1. The van der Waals surface area contributed by atoms with Crippen LogP contribution in [0.2, 0.25) is 0 Å². The van der Waals surface area contributed by atoms with Crippen LogP contribution in [0.3, 0.4) is 0 Å². The fraction of sp³-hybridized carbons (Fsp3) is 0.167. The van der Waals surface area contributed by atoms with Crippen molar-refractivity contribution in [3.05, 3.63) is 70.8 Å². The molecule has 0 saturated heterocycles. The Morgan fingerprint density at radius 2 is 1.90 bits per heavy atom. The summed E-state index contributed by atoms with van der Waals surface area (Å²) in [5.41, 5.74) is 3.42. The molecule has 0 fully saturated rings. The second-order valence-electron chi connectivity index (χ2n) is 5.09. The molecule has 0 unspecified atom stereocenters. The molecule has 0 atom stereocenters. The van der Waals surface area contributed by atoms with Crippen molar-refractivity contribution < 1.29 is 14.6 Å². The van der Waals surface area contributed by atoms with Gasteiger partial charge in [-0.25, -0.2) is 4.79 Å². The molecule has 108 valence electrons. The van der Waals surface area contributed by atoms with Crippen LogP contribution >= 0.6 is 0 Å². The Kier molecular flexibility index (Phi) is 4.77. The lowest BCUT2D eigenvalue weighted by molar-refractivity contribution is 0.0696. The van der Waals surface area contributed by atoms with Gasteiger partial charge in [0.1, 0.15) is 12.4 Å². The van der Waals surface area contributed by atoms with Crippen LogP contribution in [-0.4, -0.2) is 11.1 Å². The minimum atomic E-state index is -0.928. The Bertz CT molecular complexity index is 668. The molecule has 0 amide bonds. The average molecular weight is 282 g/mol. The van der Waals surface area contributed by atoms with Gasteiger partial charge < -0.3 is 9.84 Å². The second-order valence-corrected chi connectivity index (χ2v) is 5.09. The van der Waals surface area contributed by atoms with Crippen molar-refractivity contribution in [3.8, 4) is 5.75 Å². The predicted octanol–water partition coefficient (Wildman–Crippen LogP) is 4.39. The average Bonchev–Trinajstić information content (AvgIpc) is 2.45. The number of rotatable bonds is 5. The van der Waals surface area contributed by atoms with Crippen LogP contribution in [0.5, 0.6) is 5.75 Å². The molecule has 0 aliphatic rings. The first-order chi connectivity index (χ1) is 10.0. The van der Waals surface area contributed by atoms with Gasteiger partial charge >= 0.3 is 5.97 Å².